The van der Waals surface area contributed by atoms with E-state index in [2.05, 4.69) is 10.3 Å². The number of amides is 1. The van der Waals surface area contributed by atoms with Crippen LogP contribution in [0.4, 0.5) is 5.69 Å². The first-order chi connectivity index (χ1) is 12.4. The zero-order valence-electron chi connectivity index (χ0n) is 15.0. The van der Waals surface area contributed by atoms with Crippen molar-refractivity contribution in [2.24, 2.45) is 0 Å². The minimum Gasteiger partial charge on any atom is -0.325 e. The molecule has 0 atom stereocenters. The summed E-state index contributed by atoms with van der Waals surface area (Å²) in [5.74, 6) is -0.203. The molecule has 2 heterocycles. The highest BCUT2D eigenvalue weighted by Crippen LogP contribution is 2.25. The standard InChI is InChI=1S/C18H23N3O3S2/c1-13-6-7-16(26(23,24)21-8-4-3-5-9-21)11-17(13)20-18(22)10-15-12-25-14(2)19-15/h6-7,11-12H,3-5,8-10H2,1-2H3,(H,20,22). The van der Waals surface area contributed by atoms with Gasteiger partial charge in [0.15, 0.2) is 0 Å². The second-order valence-electron chi connectivity index (χ2n) is 6.52. The fourth-order valence-corrected chi connectivity index (χ4v) is 5.16. The van der Waals surface area contributed by atoms with Crippen molar-refractivity contribution in [3.63, 3.8) is 0 Å². The smallest absolute Gasteiger partial charge is 0.243 e. The highest BCUT2D eigenvalue weighted by molar-refractivity contribution is 7.89. The van der Waals surface area contributed by atoms with Crippen LogP contribution >= 0.6 is 11.3 Å². The summed E-state index contributed by atoms with van der Waals surface area (Å²) in [6.07, 6.45) is 3.02. The van der Waals surface area contributed by atoms with Gasteiger partial charge in [0.25, 0.3) is 0 Å². The van der Waals surface area contributed by atoms with Crippen LogP contribution in [0.15, 0.2) is 28.5 Å². The minimum atomic E-state index is -3.52. The molecule has 8 heteroatoms. The number of hydrogen-bond acceptors (Lipinski definition) is 5. The van der Waals surface area contributed by atoms with E-state index in [0.717, 1.165) is 35.5 Å². The van der Waals surface area contributed by atoms with Crippen molar-refractivity contribution in [2.45, 2.75) is 44.4 Å². The second-order valence-corrected chi connectivity index (χ2v) is 9.52. The van der Waals surface area contributed by atoms with Gasteiger partial charge in [0.2, 0.25) is 15.9 Å². The number of piperidine rings is 1. The molecule has 1 N–H and O–H groups in total. The number of carbonyl (C=O) groups is 1. The van der Waals surface area contributed by atoms with E-state index in [1.54, 1.807) is 18.2 Å². The van der Waals surface area contributed by atoms with Crippen molar-refractivity contribution in [1.82, 2.24) is 9.29 Å². The maximum absolute atomic E-state index is 12.8. The summed E-state index contributed by atoms with van der Waals surface area (Å²) in [6, 6.07) is 4.90. The van der Waals surface area contributed by atoms with Crippen molar-refractivity contribution in [3.8, 4) is 0 Å². The van der Waals surface area contributed by atoms with E-state index in [-0.39, 0.29) is 17.2 Å². The number of carbonyl (C=O) groups excluding carboxylic acids is 1. The largest absolute Gasteiger partial charge is 0.325 e. The molecule has 26 heavy (non-hydrogen) atoms. The molecule has 1 aromatic carbocycles. The first-order valence-electron chi connectivity index (χ1n) is 8.68. The molecule has 0 radical (unpaired) electrons. The number of aromatic nitrogens is 1. The number of benzene rings is 1. The van der Waals surface area contributed by atoms with E-state index in [9.17, 15) is 13.2 Å². The van der Waals surface area contributed by atoms with Gasteiger partial charge in [-0.05, 0) is 44.4 Å². The Kier molecular flexibility index (Phi) is 5.74. The van der Waals surface area contributed by atoms with Crippen LogP contribution in [0.3, 0.4) is 0 Å². The van der Waals surface area contributed by atoms with E-state index < -0.39 is 10.0 Å². The SMILES string of the molecule is Cc1nc(CC(=O)Nc2cc(S(=O)(=O)N3CCCCC3)ccc2C)cs1. The van der Waals surface area contributed by atoms with E-state index in [0.29, 0.717) is 18.8 Å². The van der Waals surface area contributed by atoms with Crippen molar-refractivity contribution in [2.75, 3.05) is 18.4 Å². The van der Waals surface area contributed by atoms with Crippen molar-refractivity contribution in [1.29, 1.82) is 0 Å². The average Bonchev–Trinajstić information content (AvgIpc) is 3.02. The normalized spacial score (nSPS) is 15.8. The number of thiazole rings is 1. The monoisotopic (exact) mass is 393 g/mol. The number of anilines is 1. The molecule has 0 aliphatic carbocycles. The number of nitrogens with zero attached hydrogens (tertiary/aromatic N) is 2. The zero-order valence-corrected chi connectivity index (χ0v) is 16.6. The van der Waals surface area contributed by atoms with Crippen LogP contribution in [-0.2, 0) is 21.2 Å². The van der Waals surface area contributed by atoms with E-state index >= 15 is 0 Å². The van der Waals surface area contributed by atoms with Crippen LogP contribution in [0, 0.1) is 13.8 Å². The van der Waals surface area contributed by atoms with Gasteiger partial charge in [-0.3, -0.25) is 4.79 Å². The van der Waals surface area contributed by atoms with Crippen LogP contribution < -0.4 is 5.32 Å². The molecule has 0 saturated carbocycles. The van der Waals surface area contributed by atoms with Crippen molar-refractivity contribution >= 4 is 33.0 Å². The number of nitrogens with one attached hydrogen (secondary N) is 1. The zero-order chi connectivity index (χ0) is 18.7. The third-order valence-electron chi connectivity index (χ3n) is 4.44. The molecular weight excluding hydrogens is 370 g/mol. The van der Waals surface area contributed by atoms with E-state index in [1.807, 2.05) is 19.2 Å². The molecule has 140 valence electrons. The predicted octanol–water partition coefficient (Wildman–Crippen LogP) is 3.12. The Hall–Kier alpha value is -1.77. The predicted molar refractivity (Wildman–Crippen MR) is 103 cm³/mol. The minimum absolute atomic E-state index is 0.173. The van der Waals surface area contributed by atoms with Crippen LogP contribution in [0.5, 0.6) is 0 Å². The summed E-state index contributed by atoms with van der Waals surface area (Å²) >= 11 is 1.50. The highest BCUT2D eigenvalue weighted by Gasteiger charge is 2.26. The van der Waals surface area contributed by atoms with Gasteiger partial charge in [0, 0.05) is 24.2 Å². The van der Waals surface area contributed by atoms with Gasteiger partial charge in [0.1, 0.15) is 0 Å². The topological polar surface area (TPSA) is 79.4 Å². The molecule has 1 aliphatic rings. The van der Waals surface area contributed by atoms with Crippen LogP contribution in [0.2, 0.25) is 0 Å². The molecule has 3 rings (SSSR count). The molecule has 0 spiro atoms. The van der Waals surface area contributed by atoms with Crippen LogP contribution in [0.25, 0.3) is 0 Å². The molecule has 1 amide bonds. The van der Waals surface area contributed by atoms with E-state index in [4.69, 9.17) is 0 Å². The number of hydrogen-bond donors (Lipinski definition) is 1. The molecule has 1 aliphatic heterocycles. The van der Waals surface area contributed by atoms with Gasteiger partial charge in [-0.2, -0.15) is 4.31 Å². The molecule has 1 aromatic heterocycles. The van der Waals surface area contributed by atoms with Crippen LogP contribution in [-0.4, -0.2) is 36.7 Å². The first kappa shape index (κ1) is 19.0. The van der Waals surface area contributed by atoms with Gasteiger partial charge >= 0.3 is 0 Å². The van der Waals surface area contributed by atoms with Crippen molar-refractivity contribution in [3.05, 3.63) is 39.8 Å². The number of aryl methyl sites for hydroxylation is 2. The lowest BCUT2D eigenvalue weighted by atomic mass is 10.2. The second kappa shape index (κ2) is 7.85. The third kappa shape index (κ3) is 4.31. The number of rotatable bonds is 5. The molecular formula is C18H23N3O3S2. The van der Waals surface area contributed by atoms with Crippen molar-refractivity contribution < 1.29 is 13.2 Å². The fraction of sp³-hybridized carbons (Fsp3) is 0.444. The lowest BCUT2D eigenvalue weighted by Crippen LogP contribution is -2.35. The Morgan fingerprint density at radius 2 is 1.96 bits per heavy atom. The molecule has 1 fully saturated rings. The van der Waals surface area contributed by atoms with Crippen LogP contribution in [0.1, 0.15) is 35.5 Å². The van der Waals surface area contributed by atoms with Gasteiger partial charge in [-0.1, -0.05) is 12.5 Å². The molecule has 0 unspecified atom stereocenters. The maximum Gasteiger partial charge on any atom is 0.243 e. The quantitative estimate of drug-likeness (QED) is 0.846. The van der Waals surface area contributed by atoms with Gasteiger partial charge in [0.05, 0.1) is 22.0 Å². The van der Waals surface area contributed by atoms with E-state index in [1.165, 1.54) is 15.6 Å². The maximum atomic E-state index is 12.8. The Morgan fingerprint density at radius 3 is 2.62 bits per heavy atom. The summed E-state index contributed by atoms with van der Waals surface area (Å²) < 4.78 is 27.2. The average molecular weight is 394 g/mol. The van der Waals surface area contributed by atoms with Gasteiger partial charge in [-0.15, -0.1) is 11.3 Å². The number of sulfonamides is 1. The summed E-state index contributed by atoms with van der Waals surface area (Å²) in [5.41, 5.74) is 2.07. The Balaban J connectivity index is 1.77. The molecule has 6 nitrogen and oxygen atoms in total. The summed E-state index contributed by atoms with van der Waals surface area (Å²) in [4.78, 5) is 16.8. The fourth-order valence-electron chi connectivity index (χ4n) is 3.00. The molecule has 1 saturated heterocycles. The first-order valence-corrected chi connectivity index (χ1v) is 11.0. The lowest BCUT2D eigenvalue weighted by molar-refractivity contribution is -0.115. The summed E-state index contributed by atoms with van der Waals surface area (Å²) in [7, 11) is -3.52. The molecule has 0 bridgehead atoms. The lowest BCUT2D eigenvalue weighted by Gasteiger charge is -2.26. The van der Waals surface area contributed by atoms with Gasteiger partial charge in [-0.25, -0.2) is 13.4 Å². The Morgan fingerprint density at radius 1 is 1.23 bits per heavy atom. The summed E-state index contributed by atoms with van der Waals surface area (Å²) in [5, 5.41) is 5.60. The molecule has 2 aromatic rings. The third-order valence-corrected chi connectivity index (χ3v) is 7.16. The highest BCUT2D eigenvalue weighted by atomic mass is 32.2. The van der Waals surface area contributed by atoms with Gasteiger partial charge < -0.3 is 5.32 Å². The summed E-state index contributed by atoms with van der Waals surface area (Å²) in [6.45, 7) is 4.85. The Labute approximate surface area is 158 Å². The Bertz CT molecular complexity index is 900.